The molecule has 0 radical (unpaired) electrons. The molecule has 2 amide bonds. The molecule has 2 N–H and O–H groups in total. The topological polar surface area (TPSA) is 84.5 Å². The molecular weight excluding hydrogens is 379 g/mol. The molecule has 8 heteroatoms. The maximum absolute atomic E-state index is 11.8. The molecule has 2 aromatic carbocycles. The van der Waals surface area contributed by atoms with E-state index in [4.69, 9.17) is 27.9 Å². The van der Waals surface area contributed by atoms with Gasteiger partial charge in [0.25, 0.3) is 5.91 Å². The van der Waals surface area contributed by atoms with E-state index in [1.54, 1.807) is 36.4 Å². The lowest BCUT2D eigenvalue weighted by atomic mass is 10.1. The van der Waals surface area contributed by atoms with E-state index in [-0.39, 0.29) is 12.3 Å². The first-order valence-electron chi connectivity index (χ1n) is 7.60. The van der Waals surface area contributed by atoms with Gasteiger partial charge in [-0.05, 0) is 35.9 Å². The van der Waals surface area contributed by atoms with Crippen LogP contribution in [0.4, 0.5) is 11.4 Å². The Labute approximate surface area is 160 Å². The number of amides is 2. The van der Waals surface area contributed by atoms with Crippen molar-refractivity contribution < 1.29 is 19.1 Å². The Morgan fingerprint density at radius 1 is 1.00 bits per heavy atom. The lowest BCUT2D eigenvalue weighted by molar-refractivity contribution is -0.146. The summed E-state index contributed by atoms with van der Waals surface area (Å²) in [4.78, 5) is 34.6. The van der Waals surface area contributed by atoms with Gasteiger partial charge in [0, 0.05) is 17.6 Å². The molecular formula is C18H16Cl2N2O4. The van der Waals surface area contributed by atoms with Crippen molar-refractivity contribution in [2.75, 3.05) is 17.2 Å². The molecule has 0 aromatic heterocycles. The molecule has 6 nitrogen and oxygen atoms in total. The fourth-order valence-electron chi connectivity index (χ4n) is 2.05. The van der Waals surface area contributed by atoms with E-state index in [1.165, 1.54) is 13.0 Å². The Bertz CT molecular complexity index is 822. The molecule has 0 unspecified atom stereocenters. The van der Waals surface area contributed by atoms with Crippen molar-refractivity contribution in [1.29, 1.82) is 0 Å². The fourth-order valence-corrected chi connectivity index (χ4v) is 2.39. The Balaban J connectivity index is 1.81. The monoisotopic (exact) mass is 394 g/mol. The van der Waals surface area contributed by atoms with E-state index in [9.17, 15) is 14.4 Å². The lowest BCUT2D eigenvalue weighted by Crippen LogP contribution is -2.21. The van der Waals surface area contributed by atoms with Crippen LogP contribution >= 0.6 is 23.2 Å². The van der Waals surface area contributed by atoms with E-state index >= 15 is 0 Å². The average Bonchev–Trinajstić information content (AvgIpc) is 2.58. The minimum absolute atomic E-state index is 0.00551. The molecule has 0 saturated heterocycles. The van der Waals surface area contributed by atoms with E-state index in [0.717, 1.165) is 0 Å². The zero-order valence-corrected chi connectivity index (χ0v) is 15.4. The number of hydrogen-bond acceptors (Lipinski definition) is 4. The summed E-state index contributed by atoms with van der Waals surface area (Å²) < 4.78 is 4.95. The lowest BCUT2D eigenvalue weighted by Gasteiger charge is -2.09. The summed E-state index contributed by atoms with van der Waals surface area (Å²) in [5, 5.41) is 5.90. The van der Waals surface area contributed by atoms with E-state index in [1.807, 2.05) is 0 Å². The number of esters is 1. The number of ether oxygens (including phenoxy) is 1. The summed E-state index contributed by atoms with van der Waals surface area (Å²) in [6.45, 7) is 0.971. The Kier molecular flexibility index (Phi) is 7.00. The molecule has 0 bridgehead atoms. The Morgan fingerprint density at radius 2 is 1.69 bits per heavy atom. The highest BCUT2D eigenvalue weighted by molar-refractivity contribution is 6.35. The summed E-state index contributed by atoms with van der Waals surface area (Å²) in [7, 11) is 0. The number of benzene rings is 2. The van der Waals surface area contributed by atoms with Crippen molar-refractivity contribution in [3.8, 4) is 0 Å². The van der Waals surface area contributed by atoms with Gasteiger partial charge in [-0.15, -0.1) is 0 Å². The van der Waals surface area contributed by atoms with Gasteiger partial charge in [0.2, 0.25) is 5.91 Å². The van der Waals surface area contributed by atoms with Gasteiger partial charge in [-0.25, -0.2) is 0 Å². The molecule has 0 saturated carbocycles. The zero-order valence-electron chi connectivity index (χ0n) is 13.8. The fraction of sp³-hybridized carbons (Fsp3) is 0.167. The summed E-state index contributed by atoms with van der Waals surface area (Å²) in [6, 6.07) is 11.4. The molecule has 26 heavy (non-hydrogen) atoms. The molecule has 0 fully saturated rings. The average molecular weight is 395 g/mol. The van der Waals surface area contributed by atoms with Gasteiger partial charge in [0.1, 0.15) is 0 Å². The van der Waals surface area contributed by atoms with E-state index in [2.05, 4.69) is 10.6 Å². The zero-order chi connectivity index (χ0) is 19.1. The third kappa shape index (κ3) is 6.38. The Hall–Kier alpha value is -2.57. The summed E-state index contributed by atoms with van der Waals surface area (Å²) in [5.41, 5.74) is 1.67. The Morgan fingerprint density at radius 3 is 2.35 bits per heavy atom. The van der Waals surface area contributed by atoms with Crippen LogP contribution in [-0.2, 0) is 25.5 Å². The van der Waals surface area contributed by atoms with Crippen molar-refractivity contribution >= 4 is 52.4 Å². The maximum Gasteiger partial charge on any atom is 0.310 e. The number of carbonyl (C=O) groups is 3. The maximum atomic E-state index is 11.8. The quantitative estimate of drug-likeness (QED) is 0.731. The normalized spacial score (nSPS) is 10.1. The van der Waals surface area contributed by atoms with Crippen LogP contribution in [0.1, 0.15) is 12.5 Å². The molecule has 2 aromatic rings. The predicted molar refractivity (Wildman–Crippen MR) is 101 cm³/mol. The minimum Gasteiger partial charge on any atom is -0.455 e. The number of nitrogens with one attached hydrogen (secondary N) is 2. The molecule has 0 heterocycles. The van der Waals surface area contributed by atoms with Crippen LogP contribution in [0.25, 0.3) is 0 Å². The largest absolute Gasteiger partial charge is 0.455 e. The first kappa shape index (κ1) is 19.8. The van der Waals surface area contributed by atoms with Crippen LogP contribution in [0.5, 0.6) is 0 Å². The number of anilines is 2. The van der Waals surface area contributed by atoms with E-state index < -0.39 is 18.5 Å². The van der Waals surface area contributed by atoms with Crippen LogP contribution in [0.2, 0.25) is 10.0 Å². The summed E-state index contributed by atoms with van der Waals surface area (Å²) >= 11 is 11.8. The van der Waals surface area contributed by atoms with Crippen LogP contribution in [0, 0.1) is 0 Å². The van der Waals surface area contributed by atoms with Crippen molar-refractivity contribution in [1.82, 2.24) is 0 Å². The first-order valence-corrected chi connectivity index (χ1v) is 8.36. The second kappa shape index (κ2) is 9.22. The molecule has 0 aliphatic carbocycles. The summed E-state index contributed by atoms with van der Waals surface area (Å²) in [6.07, 6.45) is 0.00551. The highest BCUT2D eigenvalue weighted by Gasteiger charge is 2.11. The number of hydrogen-bond donors (Lipinski definition) is 2. The predicted octanol–water partition coefficient (Wildman–Crippen LogP) is 3.68. The number of rotatable bonds is 6. The van der Waals surface area contributed by atoms with Gasteiger partial charge < -0.3 is 15.4 Å². The molecule has 0 spiro atoms. The van der Waals surface area contributed by atoms with Crippen LogP contribution in [0.3, 0.4) is 0 Å². The van der Waals surface area contributed by atoms with Gasteiger partial charge in [-0.1, -0.05) is 35.3 Å². The molecule has 136 valence electrons. The van der Waals surface area contributed by atoms with Gasteiger partial charge >= 0.3 is 5.97 Å². The van der Waals surface area contributed by atoms with Crippen LogP contribution in [-0.4, -0.2) is 24.4 Å². The number of carbonyl (C=O) groups excluding carboxylic acids is 3. The van der Waals surface area contributed by atoms with Crippen LogP contribution in [0.15, 0.2) is 42.5 Å². The minimum atomic E-state index is -0.551. The number of halogens is 2. The van der Waals surface area contributed by atoms with Gasteiger partial charge in [0.15, 0.2) is 6.61 Å². The molecule has 2 rings (SSSR count). The third-order valence-corrected chi connectivity index (χ3v) is 3.75. The highest BCUT2D eigenvalue weighted by Crippen LogP contribution is 2.25. The highest BCUT2D eigenvalue weighted by atomic mass is 35.5. The SMILES string of the molecule is CC(=O)Nc1ccc(CC(=O)OCC(=O)Nc2cc(Cl)ccc2Cl)cc1. The molecule has 0 aliphatic rings. The van der Waals surface area contributed by atoms with E-state index in [0.29, 0.717) is 27.0 Å². The molecule has 0 aliphatic heterocycles. The molecule has 0 atom stereocenters. The van der Waals surface area contributed by atoms with Crippen LogP contribution < -0.4 is 10.6 Å². The van der Waals surface area contributed by atoms with Crippen molar-refractivity contribution in [3.63, 3.8) is 0 Å². The van der Waals surface area contributed by atoms with Crippen molar-refractivity contribution in [2.45, 2.75) is 13.3 Å². The first-order chi connectivity index (χ1) is 12.3. The van der Waals surface area contributed by atoms with Crippen molar-refractivity contribution in [3.05, 3.63) is 58.1 Å². The summed E-state index contributed by atoms with van der Waals surface area (Å²) in [5.74, 6) is -1.25. The second-order valence-electron chi connectivity index (χ2n) is 5.39. The van der Waals surface area contributed by atoms with Gasteiger partial charge in [-0.2, -0.15) is 0 Å². The second-order valence-corrected chi connectivity index (χ2v) is 6.23. The van der Waals surface area contributed by atoms with Gasteiger partial charge in [-0.3, -0.25) is 14.4 Å². The standard InChI is InChI=1S/C18H16Cl2N2O4/c1-11(23)21-14-5-2-12(3-6-14)8-18(25)26-10-17(24)22-16-9-13(19)4-7-15(16)20/h2-7,9H,8,10H2,1H3,(H,21,23)(H,22,24). The van der Waals surface area contributed by atoms with Crippen molar-refractivity contribution in [2.24, 2.45) is 0 Å². The van der Waals surface area contributed by atoms with Gasteiger partial charge in [0.05, 0.1) is 17.1 Å². The smallest absolute Gasteiger partial charge is 0.310 e. The third-order valence-electron chi connectivity index (χ3n) is 3.19.